The molecule has 37 heavy (non-hydrogen) atoms. The molecule has 0 saturated carbocycles. The Kier molecular flexibility index (Phi) is 8.42. The van der Waals surface area contributed by atoms with Gasteiger partial charge in [-0.05, 0) is 72.0 Å². The first-order chi connectivity index (χ1) is 16.9. The Hall–Kier alpha value is -2.10. The molecule has 8 heteroatoms. The number of halogens is 1. The quantitative estimate of drug-likeness (QED) is 0.259. The summed E-state index contributed by atoms with van der Waals surface area (Å²) >= 11 is 6.19. The molecule has 1 aromatic heterocycles. The summed E-state index contributed by atoms with van der Waals surface area (Å²) in [5.41, 5.74) is 3.99. The first kappa shape index (κ1) is 29.5. The Morgan fingerprint density at radius 2 is 1.46 bits per heavy atom. The minimum Gasteiger partial charge on any atom is -0.543 e. The molecule has 0 fully saturated rings. The van der Waals surface area contributed by atoms with E-state index in [0.717, 1.165) is 40.3 Å². The van der Waals surface area contributed by atoms with Crippen LogP contribution in [0, 0.1) is 0 Å². The second kappa shape index (κ2) is 10.6. The molecule has 0 spiro atoms. The van der Waals surface area contributed by atoms with E-state index in [1.807, 2.05) is 35.1 Å². The van der Waals surface area contributed by atoms with Crippen LogP contribution in [0.4, 0.5) is 0 Å². The van der Waals surface area contributed by atoms with Crippen molar-refractivity contribution in [3.8, 4) is 22.8 Å². The summed E-state index contributed by atoms with van der Waals surface area (Å²) in [4.78, 5) is 0. The Morgan fingerprint density at radius 3 is 2.00 bits per heavy atom. The van der Waals surface area contributed by atoms with Crippen LogP contribution in [0.1, 0.15) is 59.6 Å². The number of nitrogens with zero attached hydrogens (tertiary/aromatic N) is 3. The van der Waals surface area contributed by atoms with Crippen LogP contribution in [-0.4, -0.2) is 31.6 Å². The number of rotatable bonds is 8. The molecule has 5 nitrogen and oxygen atoms in total. The number of hydrogen-bond acceptors (Lipinski definition) is 4. The van der Waals surface area contributed by atoms with Gasteiger partial charge in [0.15, 0.2) is 0 Å². The molecule has 0 amide bonds. The predicted molar refractivity (Wildman–Crippen MR) is 161 cm³/mol. The maximum atomic E-state index is 6.92. The SMILES string of the molecule is CCc1cc(-c2cn(Cc3cccc(Cl)c3)nn2)c(O[Si](C)(C)C(C)(C)C)cc1O[Si](C)(C)C(C)(C)C. The monoisotopic (exact) mass is 557 g/mol. The van der Waals surface area contributed by atoms with Gasteiger partial charge in [0.05, 0.1) is 12.7 Å². The average molecular weight is 558 g/mol. The van der Waals surface area contributed by atoms with Crippen LogP contribution in [-0.2, 0) is 13.0 Å². The van der Waals surface area contributed by atoms with E-state index in [0.29, 0.717) is 11.6 Å². The van der Waals surface area contributed by atoms with Gasteiger partial charge in [0.1, 0.15) is 17.2 Å². The highest BCUT2D eigenvalue weighted by molar-refractivity contribution is 6.75. The number of aromatic nitrogens is 3. The highest BCUT2D eigenvalue weighted by Crippen LogP contribution is 2.44. The predicted octanol–water partition coefficient (Wildman–Crippen LogP) is 8.98. The zero-order chi connectivity index (χ0) is 27.8. The van der Waals surface area contributed by atoms with Crippen LogP contribution >= 0.6 is 11.6 Å². The molecule has 202 valence electrons. The summed E-state index contributed by atoms with van der Waals surface area (Å²) in [5.74, 6) is 1.75. The van der Waals surface area contributed by atoms with Gasteiger partial charge in [-0.3, -0.25) is 0 Å². The summed E-state index contributed by atoms with van der Waals surface area (Å²) in [6.45, 7) is 25.5. The van der Waals surface area contributed by atoms with Gasteiger partial charge in [-0.2, -0.15) is 0 Å². The number of benzene rings is 2. The van der Waals surface area contributed by atoms with Crippen molar-refractivity contribution in [3.63, 3.8) is 0 Å². The number of aryl methyl sites for hydroxylation is 1. The summed E-state index contributed by atoms with van der Waals surface area (Å²) in [5, 5.41) is 9.86. The lowest BCUT2D eigenvalue weighted by Gasteiger charge is -2.39. The van der Waals surface area contributed by atoms with Crippen molar-refractivity contribution < 1.29 is 8.85 Å². The van der Waals surface area contributed by atoms with Crippen molar-refractivity contribution in [1.29, 1.82) is 0 Å². The van der Waals surface area contributed by atoms with Crippen molar-refractivity contribution in [2.24, 2.45) is 0 Å². The molecule has 0 aliphatic carbocycles. The van der Waals surface area contributed by atoms with Crippen LogP contribution in [0.5, 0.6) is 11.5 Å². The van der Waals surface area contributed by atoms with E-state index in [2.05, 4.69) is 97.1 Å². The van der Waals surface area contributed by atoms with Crippen molar-refractivity contribution in [1.82, 2.24) is 15.0 Å². The van der Waals surface area contributed by atoms with E-state index in [9.17, 15) is 0 Å². The summed E-state index contributed by atoms with van der Waals surface area (Å²) in [7, 11) is -4.17. The maximum Gasteiger partial charge on any atom is 0.250 e. The summed E-state index contributed by atoms with van der Waals surface area (Å²) < 4.78 is 15.6. The highest BCUT2D eigenvalue weighted by Gasteiger charge is 2.41. The summed E-state index contributed by atoms with van der Waals surface area (Å²) in [6, 6.07) is 12.1. The molecule has 0 bridgehead atoms. The van der Waals surface area contributed by atoms with E-state index in [1.54, 1.807) is 0 Å². The normalized spacial score (nSPS) is 13.1. The van der Waals surface area contributed by atoms with Gasteiger partial charge in [-0.25, -0.2) is 4.68 Å². The van der Waals surface area contributed by atoms with Crippen molar-refractivity contribution in [3.05, 3.63) is 58.7 Å². The van der Waals surface area contributed by atoms with Crippen LogP contribution < -0.4 is 8.85 Å². The van der Waals surface area contributed by atoms with E-state index < -0.39 is 16.6 Å². The molecule has 2 aromatic carbocycles. The Bertz CT molecular complexity index is 1240. The lowest BCUT2D eigenvalue weighted by molar-refractivity contribution is 0.472. The van der Waals surface area contributed by atoms with Crippen LogP contribution in [0.3, 0.4) is 0 Å². The second-order valence-electron chi connectivity index (χ2n) is 13.0. The number of hydrogen-bond donors (Lipinski definition) is 0. The minimum absolute atomic E-state index is 0.0539. The molecule has 3 aromatic rings. The lowest BCUT2D eigenvalue weighted by atomic mass is 10.0. The fourth-order valence-electron chi connectivity index (χ4n) is 3.44. The van der Waals surface area contributed by atoms with Gasteiger partial charge in [0.25, 0.3) is 8.32 Å². The smallest absolute Gasteiger partial charge is 0.250 e. The Labute approximate surface area is 230 Å². The first-order valence-electron chi connectivity index (χ1n) is 13.1. The molecule has 0 radical (unpaired) electrons. The van der Waals surface area contributed by atoms with Gasteiger partial charge in [-0.15, -0.1) is 5.10 Å². The Morgan fingerprint density at radius 1 is 0.865 bits per heavy atom. The molecule has 3 rings (SSSR count). The highest BCUT2D eigenvalue weighted by atomic mass is 35.5. The fraction of sp³-hybridized carbons (Fsp3) is 0.517. The summed E-state index contributed by atoms with van der Waals surface area (Å²) in [6.07, 6.45) is 2.84. The molecular weight excluding hydrogens is 514 g/mol. The third kappa shape index (κ3) is 6.86. The average Bonchev–Trinajstić information content (AvgIpc) is 3.20. The molecular formula is C29H44ClN3O2Si2. The molecule has 0 aliphatic heterocycles. The standard InChI is InChI=1S/C29H44ClN3O2Si2/c1-12-22-17-24(25-20-33(32-31-25)19-21-14-13-15-23(30)16-21)27(35-37(10,11)29(5,6)7)18-26(22)34-36(8,9)28(2,3)4/h13-18,20H,12,19H2,1-11H3. The molecule has 1 heterocycles. The minimum atomic E-state index is -2.13. The molecule has 0 N–H and O–H groups in total. The van der Waals surface area contributed by atoms with Crippen LogP contribution in [0.15, 0.2) is 42.6 Å². The largest absolute Gasteiger partial charge is 0.543 e. The second-order valence-corrected chi connectivity index (χ2v) is 22.9. The van der Waals surface area contributed by atoms with Crippen molar-refractivity contribution in [2.45, 2.75) is 97.7 Å². The van der Waals surface area contributed by atoms with E-state index >= 15 is 0 Å². The lowest BCUT2D eigenvalue weighted by Crippen LogP contribution is -2.44. The van der Waals surface area contributed by atoms with Gasteiger partial charge >= 0.3 is 0 Å². The van der Waals surface area contributed by atoms with Crippen LogP contribution in [0.2, 0.25) is 41.3 Å². The van der Waals surface area contributed by atoms with Gasteiger partial charge < -0.3 is 8.85 Å². The molecule has 0 unspecified atom stereocenters. The fourth-order valence-corrected chi connectivity index (χ4v) is 5.72. The zero-order valence-electron chi connectivity index (χ0n) is 24.5. The van der Waals surface area contributed by atoms with Gasteiger partial charge in [-0.1, -0.05) is 77.4 Å². The Balaban J connectivity index is 2.10. The molecule has 0 atom stereocenters. The van der Waals surface area contributed by atoms with E-state index in [-0.39, 0.29) is 10.1 Å². The topological polar surface area (TPSA) is 49.2 Å². The van der Waals surface area contributed by atoms with Gasteiger partial charge in [0.2, 0.25) is 8.32 Å². The first-order valence-corrected chi connectivity index (χ1v) is 19.3. The van der Waals surface area contributed by atoms with E-state index in [4.69, 9.17) is 20.5 Å². The van der Waals surface area contributed by atoms with Crippen LogP contribution in [0.25, 0.3) is 11.3 Å². The maximum absolute atomic E-state index is 6.92. The van der Waals surface area contributed by atoms with E-state index in [1.165, 1.54) is 0 Å². The van der Waals surface area contributed by atoms with Crippen molar-refractivity contribution >= 4 is 28.2 Å². The molecule has 0 aliphatic rings. The molecule has 0 saturated heterocycles. The third-order valence-corrected chi connectivity index (χ3v) is 16.9. The van der Waals surface area contributed by atoms with Crippen molar-refractivity contribution in [2.75, 3.05) is 0 Å². The zero-order valence-corrected chi connectivity index (χ0v) is 27.2. The van der Waals surface area contributed by atoms with Gasteiger partial charge in [0, 0.05) is 16.7 Å². The third-order valence-electron chi connectivity index (χ3n) is 7.93.